The smallest absolute Gasteiger partial charge is 0.417 e. The Morgan fingerprint density at radius 2 is 2.12 bits per heavy atom. The molecule has 1 aliphatic carbocycles. The molecular formula is C17H18ClF3N2O3. The second-order valence-corrected chi connectivity index (χ2v) is 6.16. The van der Waals surface area contributed by atoms with E-state index in [0.717, 1.165) is 6.07 Å². The highest BCUT2D eigenvalue weighted by atomic mass is 35.5. The zero-order valence-electron chi connectivity index (χ0n) is 14.2. The molecule has 0 saturated carbocycles. The van der Waals surface area contributed by atoms with Crippen molar-refractivity contribution in [2.75, 3.05) is 6.61 Å². The second kappa shape index (κ2) is 8.07. The summed E-state index contributed by atoms with van der Waals surface area (Å²) in [5.41, 5.74) is -0.385. The Morgan fingerprint density at radius 3 is 2.62 bits per heavy atom. The molecule has 0 radical (unpaired) electrons. The maximum atomic E-state index is 12.7. The Balaban J connectivity index is 2.33. The van der Waals surface area contributed by atoms with Crippen LogP contribution < -0.4 is 0 Å². The monoisotopic (exact) mass is 390 g/mol. The normalized spacial score (nSPS) is 19.1. The molecule has 0 spiro atoms. The number of aromatic nitrogens is 1. The molecular weight excluding hydrogens is 373 g/mol. The third kappa shape index (κ3) is 4.35. The molecule has 0 amide bonds. The third-order valence-corrected chi connectivity index (χ3v) is 4.25. The van der Waals surface area contributed by atoms with Gasteiger partial charge in [0.05, 0.1) is 27.6 Å². The number of hydrogen-bond donors (Lipinski definition) is 1. The summed E-state index contributed by atoms with van der Waals surface area (Å²) in [6.07, 6.45) is -3.50. The van der Waals surface area contributed by atoms with Crippen molar-refractivity contribution in [1.29, 1.82) is 0 Å². The highest BCUT2D eigenvalue weighted by Gasteiger charge is 2.35. The van der Waals surface area contributed by atoms with E-state index in [1.54, 1.807) is 13.8 Å². The van der Waals surface area contributed by atoms with Crippen LogP contribution in [0.15, 0.2) is 28.8 Å². The molecule has 26 heavy (non-hydrogen) atoms. The van der Waals surface area contributed by atoms with Crippen LogP contribution in [0.3, 0.4) is 0 Å². The van der Waals surface area contributed by atoms with Gasteiger partial charge in [-0.1, -0.05) is 23.7 Å². The van der Waals surface area contributed by atoms with E-state index in [0.29, 0.717) is 24.9 Å². The average Bonchev–Trinajstić information content (AvgIpc) is 2.56. The van der Waals surface area contributed by atoms with E-state index in [1.807, 2.05) is 0 Å². The molecule has 1 atom stereocenters. The number of carbonyl (C=O) groups excluding carboxylic acids is 1. The third-order valence-electron chi connectivity index (χ3n) is 3.95. The Labute approximate surface area is 153 Å². The summed E-state index contributed by atoms with van der Waals surface area (Å²) in [6, 6.07) is 0.776. The Bertz CT molecular complexity index is 760. The van der Waals surface area contributed by atoms with Crippen LogP contribution in [0.5, 0.6) is 0 Å². The van der Waals surface area contributed by atoms with Crippen LogP contribution >= 0.6 is 11.6 Å². The molecule has 0 saturated heterocycles. The largest absolute Gasteiger partial charge is 0.511 e. The van der Waals surface area contributed by atoms with Crippen LogP contribution in [0.4, 0.5) is 13.2 Å². The van der Waals surface area contributed by atoms with Crippen molar-refractivity contribution >= 4 is 23.1 Å². The lowest BCUT2D eigenvalue weighted by Crippen LogP contribution is -2.24. The number of Topliss-reactive ketones (excluding diaryl/α,β-unsaturated/α-hetero) is 1. The summed E-state index contributed by atoms with van der Waals surface area (Å²) in [5.74, 6) is -1.17. The van der Waals surface area contributed by atoms with Gasteiger partial charge in [0.1, 0.15) is 12.4 Å². The van der Waals surface area contributed by atoms with Crippen molar-refractivity contribution in [2.45, 2.75) is 45.2 Å². The van der Waals surface area contributed by atoms with Crippen molar-refractivity contribution in [3.05, 3.63) is 39.9 Å². The lowest BCUT2D eigenvalue weighted by molar-refractivity contribution is -0.137. The zero-order chi connectivity index (χ0) is 19.5. The maximum absolute atomic E-state index is 12.7. The number of halogens is 4. The van der Waals surface area contributed by atoms with E-state index >= 15 is 0 Å². The number of allylic oxidation sites excluding steroid dienone is 2. The number of oxime groups is 1. The fourth-order valence-electron chi connectivity index (χ4n) is 2.75. The van der Waals surface area contributed by atoms with Gasteiger partial charge in [-0.3, -0.25) is 9.78 Å². The van der Waals surface area contributed by atoms with E-state index < -0.39 is 17.7 Å². The maximum Gasteiger partial charge on any atom is 0.417 e. The SMILES string of the molecule is CCO/N=C(\CC)C1=C(O)CC(c2ncc(C(F)(F)F)cc2Cl)CC1=O. The number of carbonyl (C=O) groups is 1. The summed E-state index contributed by atoms with van der Waals surface area (Å²) in [6.45, 7) is 3.83. The first kappa shape index (κ1) is 20.2. The summed E-state index contributed by atoms with van der Waals surface area (Å²) in [4.78, 5) is 21.2. The molecule has 0 bridgehead atoms. The fourth-order valence-corrected chi connectivity index (χ4v) is 3.07. The number of hydrogen-bond acceptors (Lipinski definition) is 5. The zero-order valence-corrected chi connectivity index (χ0v) is 15.0. The van der Waals surface area contributed by atoms with E-state index in [4.69, 9.17) is 16.4 Å². The number of pyridine rings is 1. The molecule has 5 nitrogen and oxygen atoms in total. The van der Waals surface area contributed by atoms with Crippen molar-refractivity contribution in [3.63, 3.8) is 0 Å². The molecule has 1 heterocycles. The first-order valence-corrected chi connectivity index (χ1v) is 8.43. The van der Waals surface area contributed by atoms with Crippen molar-refractivity contribution in [3.8, 4) is 0 Å². The van der Waals surface area contributed by atoms with Gasteiger partial charge in [-0.15, -0.1) is 0 Å². The fraction of sp³-hybridized carbons (Fsp3) is 0.471. The van der Waals surface area contributed by atoms with E-state index in [1.165, 1.54) is 0 Å². The number of rotatable bonds is 5. The quantitative estimate of drug-likeness (QED) is 0.578. The molecule has 0 aromatic carbocycles. The van der Waals surface area contributed by atoms with Crippen LogP contribution in [0.1, 0.15) is 50.3 Å². The summed E-state index contributed by atoms with van der Waals surface area (Å²) >= 11 is 5.94. The van der Waals surface area contributed by atoms with Crippen molar-refractivity contribution in [2.24, 2.45) is 5.16 Å². The van der Waals surface area contributed by atoms with Crippen LogP contribution in [-0.2, 0) is 15.8 Å². The number of nitrogens with zero attached hydrogens (tertiary/aromatic N) is 2. The first-order chi connectivity index (χ1) is 12.2. The summed E-state index contributed by atoms with van der Waals surface area (Å²) in [5, 5.41) is 14.0. The van der Waals surface area contributed by atoms with Crippen LogP contribution in [-0.4, -0.2) is 28.2 Å². The summed E-state index contributed by atoms with van der Waals surface area (Å²) in [7, 11) is 0. The molecule has 1 N–H and O–H groups in total. The van der Waals surface area contributed by atoms with Gasteiger partial charge in [-0.2, -0.15) is 13.2 Å². The Hall–Kier alpha value is -2.09. The average molecular weight is 391 g/mol. The van der Waals surface area contributed by atoms with Crippen molar-refractivity contribution < 1.29 is 27.9 Å². The Morgan fingerprint density at radius 1 is 1.42 bits per heavy atom. The summed E-state index contributed by atoms with van der Waals surface area (Å²) < 4.78 is 38.2. The van der Waals surface area contributed by atoms with E-state index in [-0.39, 0.29) is 40.7 Å². The number of alkyl halides is 3. The Kier molecular flexibility index (Phi) is 6.28. The van der Waals surface area contributed by atoms with Gasteiger partial charge in [-0.25, -0.2) is 0 Å². The molecule has 9 heteroatoms. The molecule has 1 aliphatic rings. The minimum atomic E-state index is -4.56. The van der Waals surface area contributed by atoms with Gasteiger partial charge in [0, 0.05) is 25.0 Å². The van der Waals surface area contributed by atoms with Crippen molar-refractivity contribution in [1.82, 2.24) is 4.98 Å². The van der Waals surface area contributed by atoms with Gasteiger partial charge < -0.3 is 9.94 Å². The topological polar surface area (TPSA) is 71.8 Å². The van der Waals surface area contributed by atoms with Gasteiger partial charge in [0.15, 0.2) is 5.78 Å². The van der Waals surface area contributed by atoms with Gasteiger partial charge in [0.25, 0.3) is 0 Å². The molecule has 0 aliphatic heterocycles. The van der Waals surface area contributed by atoms with E-state index in [9.17, 15) is 23.1 Å². The molecule has 142 valence electrons. The molecule has 2 rings (SSSR count). The lowest BCUT2D eigenvalue weighted by Gasteiger charge is -2.24. The van der Waals surface area contributed by atoms with Crippen LogP contribution in [0, 0.1) is 0 Å². The predicted octanol–water partition coefficient (Wildman–Crippen LogP) is 4.81. The standard InChI is InChI=1S/C17H18ClF3N2O3/c1-3-12(23-26-4-2)15-13(24)5-9(6-14(15)25)16-11(18)7-10(8-22-16)17(19,20)21/h7-9,24H,3-6H2,1-2H3/b23-12+. The predicted molar refractivity (Wildman–Crippen MR) is 90.2 cm³/mol. The van der Waals surface area contributed by atoms with E-state index in [2.05, 4.69) is 10.1 Å². The molecule has 1 unspecified atom stereocenters. The van der Waals surface area contributed by atoms with Gasteiger partial charge in [-0.05, 0) is 19.4 Å². The first-order valence-electron chi connectivity index (χ1n) is 8.06. The van der Waals surface area contributed by atoms with Gasteiger partial charge >= 0.3 is 6.18 Å². The molecule has 0 fully saturated rings. The molecule has 1 aromatic heterocycles. The second-order valence-electron chi connectivity index (χ2n) is 5.75. The lowest BCUT2D eigenvalue weighted by atomic mass is 9.82. The number of aliphatic hydroxyl groups is 1. The molecule has 1 aromatic rings. The van der Waals surface area contributed by atoms with Gasteiger partial charge in [0.2, 0.25) is 0 Å². The minimum Gasteiger partial charge on any atom is -0.511 e. The minimum absolute atomic E-state index is 0.0320. The number of aliphatic hydroxyl groups excluding tert-OH is 1. The van der Waals surface area contributed by atoms with Crippen LogP contribution in [0.25, 0.3) is 0 Å². The highest BCUT2D eigenvalue weighted by molar-refractivity contribution is 6.31. The number of ketones is 1. The highest BCUT2D eigenvalue weighted by Crippen LogP contribution is 2.38. The van der Waals surface area contributed by atoms with Crippen LogP contribution in [0.2, 0.25) is 5.02 Å².